The lowest BCUT2D eigenvalue weighted by Crippen LogP contribution is -2.36. The molecule has 4 N–H and O–H groups in total. The van der Waals surface area contributed by atoms with E-state index in [2.05, 4.69) is 22.5 Å². The zero-order chi connectivity index (χ0) is 22.2. The van der Waals surface area contributed by atoms with Crippen LogP contribution < -0.4 is 16.0 Å². The summed E-state index contributed by atoms with van der Waals surface area (Å²) in [7, 11) is 1.58. The topological polar surface area (TPSA) is 82.6 Å². The van der Waals surface area contributed by atoms with Crippen LogP contribution in [0.1, 0.15) is 17.3 Å². The van der Waals surface area contributed by atoms with Crippen LogP contribution in [0.3, 0.4) is 0 Å². The largest absolute Gasteiger partial charge is 0.501 e. The smallest absolute Gasteiger partial charge is 0.251 e. The van der Waals surface area contributed by atoms with Crippen molar-refractivity contribution in [1.29, 1.82) is 0 Å². The van der Waals surface area contributed by atoms with Crippen molar-refractivity contribution in [3.8, 4) is 0 Å². The second-order valence-corrected chi connectivity index (χ2v) is 6.47. The van der Waals surface area contributed by atoms with Crippen molar-refractivity contribution in [3.63, 3.8) is 0 Å². The van der Waals surface area contributed by atoms with Crippen molar-refractivity contribution in [3.05, 3.63) is 96.0 Å². The second kappa shape index (κ2) is 14.8. The van der Waals surface area contributed by atoms with Crippen LogP contribution in [0.15, 0.2) is 90.4 Å². The van der Waals surface area contributed by atoms with E-state index in [0.29, 0.717) is 29.5 Å². The summed E-state index contributed by atoms with van der Waals surface area (Å²) in [5, 5.41) is 18.6. The fraction of sp³-hybridized carbons (Fsp3) is 0.217. The Hall–Kier alpha value is -3.16. The molecule has 0 saturated heterocycles. The third-order valence-corrected chi connectivity index (χ3v) is 4.05. The molecular formula is C23H29N3O3S. The van der Waals surface area contributed by atoms with Gasteiger partial charge in [0.05, 0.1) is 19.5 Å². The zero-order valence-corrected chi connectivity index (χ0v) is 18.2. The summed E-state index contributed by atoms with van der Waals surface area (Å²) in [6.45, 7) is 6.15. The predicted molar refractivity (Wildman–Crippen MR) is 126 cm³/mol. The maximum atomic E-state index is 12.1. The van der Waals surface area contributed by atoms with Crippen LogP contribution in [0.2, 0.25) is 0 Å². The van der Waals surface area contributed by atoms with Gasteiger partial charge in [-0.3, -0.25) is 4.79 Å². The van der Waals surface area contributed by atoms with E-state index in [-0.39, 0.29) is 12.5 Å². The number of hydrogen-bond donors (Lipinski definition) is 4. The van der Waals surface area contributed by atoms with E-state index in [1.165, 1.54) is 0 Å². The first-order valence-corrected chi connectivity index (χ1v) is 9.80. The number of hydrogen-bond acceptors (Lipinski definition) is 4. The fourth-order valence-corrected chi connectivity index (χ4v) is 2.44. The van der Waals surface area contributed by atoms with Crippen LogP contribution in [0.25, 0.3) is 0 Å². The van der Waals surface area contributed by atoms with Crippen molar-refractivity contribution in [2.24, 2.45) is 0 Å². The van der Waals surface area contributed by atoms with E-state index in [1.54, 1.807) is 43.5 Å². The standard InChI is InChI=1S/C23H29N3O3S/c1-4-5-11-21(12-14-24-22(28)20-9-7-6-8-10-20)26-23(30)25-17-19(13-15-27)16-18(2)29-3/h4-13,16,27H,1,14-15,17H2,2-3H3,(H,24,28)(H2,25,26,30)/b11-5-,18-16+,19-13+,21-12+. The van der Waals surface area contributed by atoms with E-state index >= 15 is 0 Å². The van der Waals surface area contributed by atoms with E-state index in [0.717, 1.165) is 11.3 Å². The summed E-state index contributed by atoms with van der Waals surface area (Å²) in [4.78, 5) is 12.1. The molecule has 0 unspecified atom stereocenters. The Kier molecular flexibility index (Phi) is 12.3. The normalized spacial score (nSPS) is 12.4. The van der Waals surface area contributed by atoms with E-state index in [1.807, 2.05) is 37.3 Å². The van der Waals surface area contributed by atoms with Crippen molar-refractivity contribution < 1.29 is 14.6 Å². The number of amides is 1. The molecule has 30 heavy (non-hydrogen) atoms. The highest BCUT2D eigenvalue weighted by molar-refractivity contribution is 7.80. The van der Waals surface area contributed by atoms with Gasteiger partial charge in [0.1, 0.15) is 0 Å². The molecule has 6 nitrogen and oxygen atoms in total. The zero-order valence-electron chi connectivity index (χ0n) is 17.4. The van der Waals surface area contributed by atoms with E-state index in [4.69, 9.17) is 22.1 Å². The molecule has 1 aromatic rings. The summed E-state index contributed by atoms with van der Waals surface area (Å²) in [6, 6.07) is 9.01. The van der Waals surface area contributed by atoms with Gasteiger partial charge in [-0.15, -0.1) is 0 Å². The molecule has 1 aromatic carbocycles. The number of ether oxygens (including phenoxy) is 1. The van der Waals surface area contributed by atoms with Crippen LogP contribution in [0.4, 0.5) is 0 Å². The molecule has 160 valence electrons. The van der Waals surface area contributed by atoms with Gasteiger partial charge in [-0.2, -0.15) is 0 Å². The summed E-state index contributed by atoms with van der Waals surface area (Å²) in [5.41, 5.74) is 2.14. The van der Waals surface area contributed by atoms with E-state index in [9.17, 15) is 4.79 Å². The fourth-order valence-electron chi connectivity index (χ4n) is 2.25. The Morgan fingerprint density at radius 1 is 1.23 bits per heavy atom. The predicted octanol–water partition coefficient (Wildman–Crippen LogP) is 2.98. The molecule has 7 heteroatoms. The number of methoxy groups -OCH3 is 1. The van der Waals surface area contributed by atoms with Gasteiger partial charge in [-0.25, -0.2) is 0 Å². The van der Waals surface area contributed by atoms with Gasteiger partial charge in [0.25, 0.3) is 5.91 Å². The number of thiocarbonyl (C=S) groups is 1. The second-order valence-electron chi connectivity index (χ2n) is 6.06. The number of aliphatic hydroxyl groups is 1. The minimum absolute atomic E-state index is 0.0843. The van der Waals surface area contributed by atoms with Gasteiger partial charge in [0, 0.05) is 24.4 Å². The minimum atomic E-state index is -0.154. The van der Waals surface area contributed by atoms with Gasteiger partial charge in [0.15, 0.2) is 5.11 Å². The van der Waals surface area contributed by atoms with Crippen LogP contribution in [-0.2, 0) is 4.74 Å². The van der Waals surface area contributed by atoms with Gasteiger partial charge < -0.3 is 25.8 Å². The van der Waals surface area contributed by atoms with Crippen LogP contribution in [0.5, 0.6) is 0 Å². The molecule has 0 aromatic heterocycles. The Bertz CT molecular complexity index is 827. The van der Waals surface area contributed by atoms with Crippen molar-refractivity contribution >= 4 is 23.2 Å². The first-order chi connectivity index (χ1) is 14.5. The lowest BCUT2D eigenvalue weighted by molar-refractivity contribution is 0.0958. The van der Waals surface area contributed by atoms with Crippen LogP contribution >= 0.6 is 12.2 Å². The minimum Gasteiger partial charge on any atom is -0.501 e. The highest BCUT2D eigenvalue weighted by Crippen LogP contribution is 2.02. The third-order valence-electron chi connectivity index (χ3n) is 3.81. The average molecular weight is 428 g/mol. The van der Waals surface area contributed by atoms with Gasteiger partial charge >= 0.3 is 0 Å². The molecule has 0 aliphatic heterocycles. The Morgan fingerprint density at radius 2 is 1.97 bits per heavy atom. The maximum absolute atomic E-state index is 12.1. The van der Waals surface area contributed by atoms with Crippen LogP contribution in [-0.4, -0.2) is 42.9 Å². The summed E-state index contributed by atoms with van der Waals surface area (Å²) in [6.07, 6.45) is 10.5. The molecule has 0 fully saturated rings. The Morgan fingerprint density at radius 3 is 2.60 bits per heavy atom. The summed E-state index contributed by atoms with van der Waals surface area (Å²) < 4.78 is 5.14. The summed E-state index contributed by atoms with van der Waals surface area (Å²) >= 11 is 5.35. The molecule has 0 radical (unpaired) electrons. The number of carbonyl (C=O) groups excluding carboxylic acids is 1. The van der Waals surface area contributed by atoms with Crippen LogP contribution in [0, 0.1) is 0 Å². The van der Waals surface area contributed by atoms with Crippen molar-refractivity contribution in [2.75, 3.05) is 26.8 Å². The molecule has 0 bridgehead atoms. The van der Waals surface area contributed by atoms with Crippen molar-refractivity contribution in [2.45, 2.75) is 6.92 Å². The highest BCUT2D eigenvalue weighted by atomic mass is 32.1. The number of carbonyl (C=O) groups is 1. The number of allylic oxidation sites excluding steroid dienone is 4. The Balaban J connectivity index is 2.67. The summed E-state index contributed by atoms with van der Waals surface area (Å²) in [5.74, 6) is 0.567. The number of rotatable bonds is 11. The first kappa shape index (κ1) is 24.9. The molecule has 0 aliphatic carbocycles. The quantitative estimate of drug-likeness (QED) is 0.247. The average Bonchev–Trinajstić information content (AvgIpc) is 2.76. The third kappa shape index (κ3) is 10.4. The Labute approximate surface area is 183 Å². The van der Waals surface area contributed by atoms with Gasteiger partial charge in [-0.05, 0) is 55.1 Å². The molecule has 0 heterocycles. The first-order valence-electron chi connectivity index (χ1n) is 9.39. The molecule has 0 spiro atoms. The number of aliphatic hydroxyl groups excluding tert-OH is 1. The number of benzene rings is 1. The molecule has 0 saturated carbocycles. The van der Waals surface area contributed by atoms with Crippen molar-refractivity contribution in [1.82, 2.24) is 16.0 Å². The van der Waals surface area contributed by atoms with Gasteiger partial charge in [0.2, 0.25) is 0 Å². The van der Waals surface area contributed by atoms with E-state index < -0.39 is 0 Å². The maximum Gasteiger partial charge on any atom is 0.251 e. The van der Waals surface area contributed by atoms with Gasteiger partial charge in [-0.1, -0.05) is 43.0 Å². The molecule has 1 amide bonds. The molecule has 1 rings (SSSR count). The monoisotopic (exact) mass is 427 g/mol. The SMILES string of the molecule is C=C/C=C\C(=C/CNC(=O)c1ccccc1)NC(=S)NCC(=C/CO)/C=C(\C)OC. The lowest BCUT2D eigenvalue weighted by Gasteiger charge is -2.13. The molecular weight excluding hydrogens is 398 g/mol. The number of nitrogens with one attached hydrogen (secondary N) is 3. The highest BCUT2D eigenvalue weighted by Gasteiger charge is 2.03. The molecule has 0 aliphatic rings. The molecule has 0 atom stereocenters. The lowest BCUT2D eigenvalue weighted by atomic mass is 10.2.